The second kappa shape index (κ2) is 5.20. The maximum atomic E-state index is 5.64. The third kappa shape index (κ3) is 2.35. The molecule has 0 unspecified atom stereocenters. The first-order chi connectivity index (χ1) is 10.7. The molecule has 0 spiro atoms. The SMILES string of the molecule is Cc1cccc(C2(c3noc([C@@H]4CCN[C@H](C)C4)n3)CC2)c1. The minimum Gasteiger partial charge on any atom is -0.339 e. The van der Waals surface area contributed by atoms with Crippen LogP contribution in [0.3, 0.4) is 0 Å². The lowest BCUT2D eigenvalue weighted by Gasteiger charge is -2.25. The van der Waals surface area contributed by atoms with E-state index in [0.717, 1.165) is 43.9 Å². The molecule has 2 fully saturated rings. The lowest BCUT2D eigenvalue weighted by molar-refractivity contribution is 0.294. The third-order valence-electron chi connectivity index (χ3n) is 5.16. The summed E-state index contributed by atoms with van der Waals surface area (Å²) in [5.74, 6) is 2.13. The fourth-order valence-corrected chi connectivity index (χ4v) is 3.66. The van der Waals surface area contributed by atoms with Gasteiger partial charge in [0, 0.05) is 12.0 Å². The predicted octanol–water partition coefficient (Wildman–Crippen LogP) is 3.31. The van der Waals surface area contributed by atoms with E-state index in [1.165, 1.54) is 11.1 Å². The Morgan fingerprint density at radius 3 is 2.91 bits per heavy atom. The smallest absolute Gasteiger partial charge is 0.229 e. The summed E-state index contributed by atoms with van der Waals surface area (Å²) in [5, 5.41) is 7.82. The number of nitrogens with one attached hydrogen (secondary N) is 1. The van der Waals surface area contributed by atoms with E-state index in [4.69, 9.17) is 9.51 Å². The molecule has 1 aliphatic heterocycles. The van der Waals surface area contributed by atoms with Gasteiger partial charge in [0.1, 0.15) is 0 Å². The first-order valence-electron chi connectivity index (χ1n) is 8.32. The van der Waals surface area contributed by atoms with Crippen molar-refractivity contribution < 1.29 is 4.52 Å². The van der Waals surface area contributed by atoms with Crippen LogP contribution in [0, 0.1) is 6.92 Å². The quantitative estimate of drug-likeness (QED) is 0.944. The molecule has 1 saturated carbocycles. The van der Waals surface area contributed by atoms with E-state index in [1.807, 2.05) is 0 Å². The maximum absolute atomic E-state index is 5.64. The van der Waals surface area contributed by atoms with Crippen LogP contribution in [0.1, 0.15) is 61.4 Å². The summed E-state index contributed by atoms with van der Waals surface area (Å²) in [4.78, 5) is 4.80. The molecule has 4 nitrogen and oxygen atoms in total. The Labute approximate surface area is 131 Å². The van der Waals surface area contributed by atoms with Crippen molar-refractivity contribution in [2.75, 3.05) is 6.54 Å². The molecular formula is C18H23N3O. The summed E-state index contributed by atoms with van der Waals surface area (Å²) >= 11 is 0. The van der Waals surface area contributed by atoms with Crippen molar-refractivity contribution in [3.8, 4) is 0 Å². The monoisotopic (exact) mass is 297 g/mol. The number of piperidine rings is 1. The Hall–Kier alpha value is -1.68. The predicted molar refractivity (Wildman–Crippen MR) is 84.9 cm³/mol. The minimum absolute atomic E-state index is 0.00625. The number of hydrogen-bond acceptors (Lipinski definition) is 4. The molecule has 116 valence electrons. The number of aryl methyl sites for hydroxylation is 1. The molecule has 1 aliphatic carbocycles. The summed E-state index contributed by atoms with van der Waals surface area (Å²) in [6.07, 6.45) is 4.42. The summed E-state index contributed by atoms with van der Waals surface area (Å²) < 4.78 is 5.64. The molecular weight excluding hydrogens is 274 g/mol. The highest BCUT2D eigenvalue weighted by molar-refractivity contribution is 5.40. The second-order valence-electron chi connectivity index (χ2n) is 6.98. The molecule has 22 heavy (non-hydrogen) atoms. The normalized spacial score (nSPS) is 26.8. The van der Waals surface area contributed by atoms with Crippen molar-refractivity contribution in [1.29, 1.82) is 0 Å². The van der Waals surface area contributed by atoms with E-state index in [-0.39, 0.29) is 5.41 Å². The molecule has 0 radical (unpaired) electrons. The summed E-state index contributed by atoms with van der Waals surface area (Å²) in [6.45, 7) is 5.39. The summed E-state index contributed by atoms with van der Waals surface area (Å²) in [7, 11) is 0. The fraction of sp³-hybridized carbons (Fsp3) is 0.556. The van der Waals surface area contributed by atoms with Crippen LogP contribution in [-0.2, 0) is 5.41 Å². The van der Waals surface area contributed by atoms with Crippen LogP contribution in [0.5, 0.6) is 0 Å². The standard InChI is InChI=1S/C18H23N3O/c1-12-4-3-5-15(10-12)18(7-8-18)17-20-16(22-21-17)14-6-9-19-13(2)11-14/h3-5,10,13-14,19H,6-9,11H2,1-2H3/t13-,14-/m1/s1. The fourth-order valence-electron chi connectivity index (χ4n) is 3.66. The van der Waals surface area contributed by atoms with Gasteiger partial charge in [-0.3, -0.25) is 0 Å². The molecule has 1 aromatic heterocycles. The first-order valence-corrected chi connectivity index (χ1v) is 8.32. The molecule has 1 saturated heterocycles. The van der Waals surface area contributed by atoms with Gasteiger partial charge in [0.2, 0.25) is 5.89 Å². The van der Waals surface area contributed by atoms with E-state index in [9.17, 15) is 0 Å². The minimum atomic E-state index is 0.00625. The number of hydrogen-bond donors (Lipinski definition) is 1. The second-order valence-corrected chi connectivity index (χ2v) is 6.98. The van der Waals surface area contributed by atoms with Crippen LogP contribution in [0.25, 0.3) is 0 Å². The van der Waals surface area contributed by atoms with Gasteiger partial charge in [0.25, 0.3) is 0 Å². The molecule has 1 aromatic carbocycles. The van der Waals surface area contributed by atoms with E-state index < -0.39 is 0 Å². The molecule has 2 heterocycles. The van der Waals surface area contributed by atoms with Gasteiger partial charge in [-0.2, -0.15) is 4.98 Å². The molecule has 2 aromatic rings. The number of rotatable bonds is 3. The lowest BCUT2D eigenvalue weighted by Crippen LogP contribution is -2.35. The van der Waals surface area contributed by atoms with Crippen molar-refractivity contribution in [2.45, 2.75) is 56.9 Å². The zero-order valence-corrected chi connectivity index (χ0v) is 13.3. The highest BCUT2D eigenvalue weighted by Crippen LogP contribution is 2.52. The van der Waals surface area contributed by atoms with Crippen molar-refractivity contribution in [2.24, 2.45) is 0 Å². The van der Waals surface area contributed by atoms with Crippen LogP contribution in [0.4, 0.5) is 0 Å². The largest absolute Gasteiger partial charge is 0.339 e. The topological polar surface area (TPSA) is 51.0 Å². The van der Waals surface area contributed by atoms with Gasteiger partial charge < -0.3 is 9.84 Å². The van der Waals surface area contributed by atoms with Gasteiger partial charge in [-0.25, -0.2) is 0 Å². The van der Waals surface area contributed by atoms with Gasteiger partial charge in [0.05, 0.1) is 5.41 Å². The van der Waals surface area contributed by atoms with E-state index >= 15 is 0 Å². The molecule has 2 atom stereocenters. The van der Waals surface area contributed by atoms with E-state index in [1.54, 1.807) is 0 Å². The van der Waals surface area contributed by atoms with E-state index in [2.05, 4.69) is 48.6 Å². The van der Waals surface area contributed by atoms with Crippen molar-refractivity contribution in [3.63, 3.8) is 0 Å². The number of aromatic nitrogens is 2. The zero-order valence-electron chi connectivity index (χ0n) is 13.3. The highest BCUT2D eigenvalue weighted by atomic mass is 16.5. The molecule has 4 heteroatoms. The molecule has 4 rings (SSSR count). The van der Waals surface area contributed by atoms with Gasteiger partial charge in [-0.15, -0.1) is 0 Å². The Morgan fingerprint density at radius 2 is 2.18 bits per heavy atom. The van der Waals surface area contributed by atoms with Crippen LogP contribution < -0.4 is 5.32 Å². The number of nitrogens with zero attached hydrogens (tertiary/aromatic N) is 2. The van der Waals surface area contributed by atoms with Gasteiger partial charge in [-0.05, 0) is 51.6 Å². The Kier molecular flexibility index (Phi) is 3.30. The molecule has 0 amide bonds. The lowest BCUT2D eigenvalue weighted by atomic mass is 9.92. The molecule has 0 bridgehead atoms. The Morgan fingerprint density at radius 1 is 1.32 bits per heavy atom. The average Bonchev–Trinajstić information content (AvgIpc) is 3.18. The van der Waals surface area contributed by atoms with Crippen molar-refractivity contribution >= 4 is 0 Å². The van der Waals surface area contributed by atoms with Crippen LogP contribution in [0.15, 0.2) is 28.8 Å². The number of benzene rings is 1. The van der Waals surface area contributed by atoms with Gasteiger partial charge >= 0.3 is 0 Å². The zero-order chi connectivity index (χ0) is 15.2. The molecule has 1 N–H and O–H groups in total. The average molecular weight is 297 g/mol. The van der Waals surface area contributed by atoms with Crippen LogP contribution >= 0.6 is 0 Å². The highest BCUT2D eigenvalue weighted by Gasteiger charge is 2.50. The first kappa shape index (κ1) is 13.9. The van der Waals surface area contributed by atoms with Gasteiger partial charge in [0.15, 0.2) is 5.82 Å². The molecule has 2 aliphatic rings. The Bertz CT molecular complexity index is 674. The van der Waals surface area contributed by atoms with Crippen molar-refractivity contribution in [3.05, 3.63) is 47.1 Å². The maximum Gasteiger partial charge on any atom is 0.229 e. The van der Waals surface area contributed by atoms with E-state index in [0.29, 0.717) is 12.0 Å². The van der Waals surface area contributed by atoms with Crippen molar-refractivity contribution in [1.82, 2.24) is 15.5 Å². The van der Waals surface area contributed by atoms with Crippen LogP contribution in [-0.4, -0.2) is 22.7 Å². The Balaban J connectivity index is 1.61. The van der Waals surface area contributed by atoms with Gasteiger partial charge in [-0.1, -0.05) is 35.0 Å². The third-order valence-corrected chi connectivity index (χ3v) is 5.16. The summed E-state index contributed by atoms with van der Waals surface area (Å²) in [6, 6.07) is 9.25. The summed E-state index contributed by atoms with van der Waals surface area (Å²) in [5.41, 5.74) is 2.63. The van der Waals surface area contributed by atoms with Crippen LogP contribution in [0.2, 0.25) is 0 Å².